The quantitative estimate of drug-likeness (QED) is 0.674. The second-order valence-corrected chi connectivity index (χ2v) is 8.92. The van der Waals surface area contributed by atoms with E-state index >= 15 is 0 Å². The molecule has 0 aromatic heterocycles. The van der Waals surface area contributed by atoms with Gasteiger partial charge in [0.2, 0.25) is 0 Å². The van der Waals surface area contributed by atoms with Crippen molar-refractivity contribution in [3.63, 3.8) is 0 Å². The Balaban J connectivity index is 1.76. The number of amides is 2. The highest BCUT2D eigenvalue weighted by Crippen LogP contribution is 2.36. The van der Waals surface area contributed by atoms with E-state index in [1.165, 1.54) is 4.90 Å². The molecule has 32 heavy (non-hydrogen) atoms. The van der Waals surface area contributed by atoms with Gasteiger partial charge in [0.25, 0.3) is 11.8 Å². The second-order valence-electron chi connectivity index (χ2n) is 8.92. The number of ether oxygens (including phenoxy) is 1. The van der Waals surface area contributed by atoms with Gasteiger partial charge in [0.05, 0.1) is 17.4 Å². The van der Waals surface area contributed by atoms with E-state index in [4.69, 9.17) is 4.74 Å². The molecule has 2 amide bonds. The highest BCUT2D eigenvalue weighted by Gasteiger charge is 2.43. The summed E-state index contributed by atoms with van der Waals surface area (Å²) in [7, 11) is 2.07. The summed E-state index contributed by atoms with van der Waals surface area (Å²) in [6, 6.07) is 13.2. The van der Waals surface area contributed by atoms with Crippen molar-refractivity contribution in [2.45, 2.75) is 33.8 Å². The number of benzene rings is 2. The lowest BCUT2D eigenvalue weighted by atomic mass is 10.0. The lowest BCUT2D eigenvalue weighted by Crippen LogP contribution is -2.46. The molecule has 0 N–H and O–H groups in total. The number of nitrogens with zero attached hydrogens (tertiary/aromatic N) is 3. The highest BCUT2D eigenvalue weighted by atomic mass is 16.5. The number of carbonyl (C=O) groups excluding carboxylic acids is 2. The molecule has 0 saturated carbocycles. The van der Waals surface area contributed by atoms with E-state index in [0.29, 0.717) is 30.0 Å². The molecule has 1 saturated heterocycles. The zero-order valence-electron chi connectivity index (χ0n) is 19.5. The molecule has 0 spiro atoms. The minimum absolute atomic E-state index is 0.0657. The first kappa shape index (κ1) is 22.1. The largest absolute Gasteiger partial charge is 0.491 e. The topological polar surface area (TPSA) is 53.1 Å². The van der Waals surface area contributed by atoms with Gasteiger partial charge in [0, 0.05) is 26.2 Å². The Bertz CT molecular complexity index is 1060. The van der Waals surface area contributed by atoms with Crippen molar-refractivity contribution < 1.29 is 14.3 Å². The molecule has 0 atom stereocenters. The Kier molecular flexibility index (Phi) is 6.07. The zero-order valence-corrected chi connectivity index (χ0v) is 19.5. The van der Waals surface area contributed by atoms with Crippen LogP contribution >= 0.6 is 0 Å². The summed E-state index contributed by atoms with van der Waals surface area (Å²) in [5.74, 6) is 0.221. The van der Waals surface area contributed by atoms with Gasteiger partial charge in [-0.05, 0) is 75.7 Å². The molecule has 0 unspecified atom stereocenters. The van der Waals surface area contributed by atoms with Crippen molar-refractivity contribution in [1.29, 1.82) is 0 Å². The minimum atomic E-state index is -0.273. The molecule has 2 aromatic carbocycles. The maximum atomic E-state index is 13.7. The van der Waals surface area contributed by atoms with E-state index in [-0.39, 0.29) is 17.9 Å². The number of rotatable bonds is 5. The van der Waals surface area contributed by atoms with Gasteiger partial charge < -0.3 is 14.5 Å². The molecule has 168 valence electrons. The smallest absolute Gasteiger partial charge is 0.282 e. The fourth-order valence-electron chi connectivity index (χ4n) is 4.17. The summed E-state index contributed by atoms with van der Waals surface area (Å²) in [5.41, 5.74) is 4.49. The van der Waals surface area contributed by atoms with E-state index in [1.807, 2.05) is 70.2 Å². The van der Waals surface area contributed by atoms with Crippen molar-refractivity contribution >= 4 is 23.1 Å². The Morgan fingerprint density at radius 2 is 1.50 bits per heavy atom. The molecule has 0 aliphatic carbocycles. The normalized spacial score (nSPS) is 17.7. The van der Waals surface area contributed by atoms with Crippen LogP contribution in [0.2, 0.25) is 0 Å². The summed E-state index contributed by atoms with van der Waals surface area (Å²) in [6.45, 7) is 11.1. The Hall–Kier alpha value is -3.12. The van der Waals surface area contributed by atoms with E-state index < -0.39 is 0 Å². The van der Waals surface area contributed by atoms with Gasteiger partial charge in [-0.2, -0.15) is 0 Å². The van der Waals surface area contributed by atoms with Gasteiger partial charge in [-0.3, -0.25) is 9.59 Å². The molecule has 0 bridgehead atoms. The fourth-order valence-corrected chi connectivity index (χ4v) is 4.17. The van der Waals surface area contributed by atoms with Crippen LogP contribution in [0.25, 0.3) is 5.57 Å². The maximum Gasteiger partial charge on any atom is 0.282 e. The van der Waals surface area contributed by atoms with E-state index in [1.54, 1.807) is 0 Å². The molecular weight excluding hydrogens is 402 g/mol. The van der Waals surface area contributed by atoms with Crippen LogP contribution < -0.4 is 9.64 Å². The first-order valence-corrected chi connectivity index (χ1v) is 11.2. The molecular formula is C26H31N3O3. The van der Waals surface area contributed by atoms with E-state index in [9.17, 15) is 9.59 Å². The summed E-state index contributed by atoms with van der Waals surface area (Å²) in [6.07, 6.45) is 0.0657. The second kappa shape index (κ2) is 8.79. The number of likely N-dealkylation sites (N-methyl/N-ethyl adjacent to an activating group) is 1. The molecule has 2 aliphatic rings. The van der Waals surface area contributed by atoms with Gasteiger partial charge in [0.1, 0.15) is 11.4 Å². The molecule has 1 fully saturated rings. The monoisotopic (exact) mass is 433 g/mol. The van der Waals surface area contributed by atoms with Crippen LogP contribution in [0.5, 0.6) is 5.75 Å². The van der Waals surface area contributed by atoms with Crippen molar-refractivity contribution in [2.75, 3.05) is 38.1 Å². The highest BCUT2D eigenvalue weighted by molar-refractivity contribution is 6.45. The number of hydrogen-bond acceptors (Lipinski definition) is 5. The third-order valence-corrected chi connectivity index (χ3v) is 6.14. The average Bonchev–Trinajstić information content (AvgIpc) is 3.01. The predicted molar refractivity (Wildman–Crippen MR) is 127 cm³/mol. The molecule has 2 aromatic rings. The predicted octanol–water partition coefficient (Wildman–Crippen LogP) is 3.62. The van der Waals surface area contributed by atoms with Crippen molar-refractivity contribution in [2.24, 2.45) is 0 Å². The third kappa shape index (κ3) is 4.15. The molecule has 6 heteroatoms. The Morgan fingerprint density at radius 1 is 0.844 bits per heavy atom. The van der Waals surface area contributed by atoms with Crippen molar-refractivity contribution in [1.82, 2.24) is 9.80 Å². The van der Waals surface area contributed by atoms with Crippen LogP contribution in [0, 0.1) is 13.8 Å². The van der Waals surface area contributed by atoms with Crippen molar-refractivity contribution in [3.05, 3.63) is 64.9 Å². The van der Waals surface area contributed by atoms with Crippen LogP contribution in [-0.2, 0) is 9.59 Å². The number of imide groups is 1. The van der Waals surface area contributed by atoms with Crippen LogP contribution in [-0.4, -0.2) is 60.9 Å². The summed E-state index contributed by atoms with van der Waals surface area (Å²) < 4.78 is 5.76. The fraction of sp³-hybridized carbons (Fsp3) is 0.385. The minimum Gasteiger partial charge on any atom is -0.491 e. The summed E-state index contributed by atoms with van der Waals surface area (Å²) in [4.78, 5) is 33.0. The van der Waals surface area contributed by atoms with Gasteiger partial charge in [-0.1, -0.05) is 18.2 Å². The molecule has 2 heterocycles. The lowest BCUT2D eigenvalue weighted by Gasteiger charge is -2.34. The molecule has 2 aliphatic heterocycles. The van der Waals surface area contributed by atoms with Crippen molar-refractivity contribution in [3.8, 4) is 5.75 Å². The number of hydrogen-bond donors (Lipinski definition) is 0. The SMILES string of the molecule is Cc1ccc(N2C(=O)C(c3ccc(OC(C)C)cc3)=C(N3CCN(C)CC3)C2=O)cc1C. The van der Waals surface area contributed by atoms with Crippen LogP contribution in [0.3, 0.4) is 0 Å². The van der Waals surface area contributed by atoms with Crippen LogP contribution in [0.15, 0.2) is 48.2 Å². The summed E-state index contributed by atoms with van der Waals surface area (Å²) in [5, 5.41) is 0. The molecule has 4 rings (SSSR count). The van der Waals surface area contributed by atoms with Crippen LogP contribution in [0.4, 0.5) is 5.69 Å². The number of aryl methyl sites for hydroxylation is 2. The standard InChI is InChI=1S/C26H31N3O3/c1-17(2)32-22-10-7-20(8-11-22)23-24(28-14-12-27(5)13-15-28)26(31)29(25(23)30)21-9-6-18(3)19(4)16-21/h6-11,16-17H,12-15H2,1-5H3. The first-order valence-electron chi connectivity index (χ1n) is 11.2. The Labute approximate surface area is 190 Å². The van der Waals surface area contributed by atoms with Crippen LogP contribution in [0.1, 0.15) is 30.5 Å². The van der Waals surface area contributed by atoms with E-state index in [0.717, 1.165) is 35.5 Å². The number of anilines is 1. The lowest BCUT2D eigenvalue weighted by molar-refractivity contribution is -0.120. The molecule has 0 radical (unpaired) electrons. The summed E-state index contributed by atoms with van der Waals surface area (Å²) >= 11 is 0. The van der Waals surface area contributed by atoms with Gasteiger partial charge >= 0.3 is 0 Å². The van der Waals surface area contributed by atoms with E-state index in [2.05, 4.69) is 16.8 Å². The van der Waals surface area contributed by atoms with Gasteiger partial charge in [-0.25, -0.2) is 4.90 Å². The number of carbonyl (C=O) groups is 2. The van der Waals surface area contributed by atoms with Gasteiger partial charge in [0.15, 0.2) is 0 Å². The number of piperazine rings is 1. The zero-order chi connectivity index (χ0) is 23.0. The van der Waals surface area contributed by atoms with Gasteiger partial charge in [-0.15, -0.1) is 0 Å². The maximum absolute atomic E-state index is 13.7. The third-order valence-electron chi connectivity index (χ3n) is 6.14. The Morgan fingerprint density at radius 3 is 2.09 bits per heavy atom. The molecule has 6 nitrogen and oxygen atoms in total. The first-order chi connectivity index (χ1) is 15.3. The average molecular weight is 434 g/mol.